The first kappa shape index (κ1) is 17.0. The van der Waals surface area contributed by atoms with Gasteiger partial charge in [0.1, 0.15) is 0 Å². The van der Waals surface area contributed by atoms with Crippen molar-refractivity contribution in [1.29, 1.82) is 0 Å². The molecule has 0 radical (unpaired) electrons. The summed E-state index contributed by atoms with van der Waals surface area (Å²) in [5.74, 6) is -2.63. The molecule has 8 nitrogen and oxygen atoms in total. The fourth-order valence-electron chi connectivity index (χ4n) is 2.77. The molecule has 0 aliphatic carbocycles. The van der Waals surface area contributed by atoms with Gasteiger partial charge in [-0.1, -0.05) is 11.6 Å². The number of ether oxygens (including phenoxy) is 1. The Morgan fingerprint density at radius 2 is 1.88 bits per heavy atom. The minimum absolute atomic E-state index is 0.0884. The van der Waals surface area contributed by atoms with E-state index in [9.17, 15) is 19.2 Å². The average Bonchev–Trinajstić information content (AvgIpc) is 3.07. The summed E-state index contributed by atoms with van der Waals surface area (Å²) in [7, 11) is 0. The van der Waals surface area contributed by atoms with Crippen molar-refractivity contribution in [2.45, 2.75) is 19.9 Å². The molecule has 1 aromatic carbocycles. The van der Waals surface area contributed by atoms with Gasteiger partial charge in [0.05, 0.1) is 17.9 Å². The quantitative estimate of drug-likeness (QED) is 0.629. The second-order valence-corrected chi connectivity index (χ2v) is 5.80. The van der Waals surface area contributed by atoms with Crippen LogP contribution in [-0.2, 0) is 23.9 Å². The van der Waals surface area contributed by atoms with Gasteiger partial charge in [0.2, 0.25) is 5.91 Å². The number of benzene rings is 1. The zero-order valence-electron chi connectivity index (χ0n) is 13.4. The second-order valence-electron chi connectivity index (χ2n) is 5.37. The highest BCUT2D eigenvalue weighted by Gasteiger charge is 2.55. The minimum atomic E-state index is -1.21. The number of hydrogen-bond donors (Lipinski definition) is 1. The van der Waals surface area contributed by atoms with Crippen molar-refractivity contribution < 1.29 is 23.9 Å². The van der Waals surface area contributed by atoms with Crippen molar-refractivity contribution >= 4 is 41.0 Å². The van der Waals surface area contributed by atoms with Crippen LogP contribution in [0.15, 0.2) is 35.5 Å². The van der Waals surface area contributed by atoms with Gasteiger partial charge < -0.3 is 4.74 Å². The fourth-order valence-corrected chi connectivity index (χ4v) is 2.89. The van der Waals surface area contributed by atoms with Gasteiger partial charge in [-0.05, 0) is 31.2 Å². The van der Waals surface area contributed by atoms with E-state index in [1.165, 1.54) is 31.2 Å². The third-order valence-electron chi connectivity index (χ3n) is 3.82. The second kappa shape index (κ2) is 6.21. The summed E-state index contributed by atoms with van der Waals surface area (Å²) in [4.78, 5) is 50.5. The molecule has 1 fully saturated rings. The van der Waals surface area contributed by atoms with E-state index >= 15 is 0 Å². The molecule has 9 heteroatoms. The maximum absolute atomic E-state index is 12.8. The number of hydrogen-bond acceptors (Lipinski definition) is 6. The van der Waals surface area contributed by atoms with Gasteiger partial charge in [0, 0.05) is 11.9 Å². The summed E-state index contributed by atoms with van der Waals surface area (Å²) >= 11 is 5.83. The van der Waals surface area contributed by atoms with E-state index in [4.69, 9.17) is 16.3 Å². The Morgan fingerprint density at radius 1 is 1.24 bits per heavy atom. The van der Waals surface area contributed by atoms with Crippen molar-refractivity contribution in [2.24, 2.45) is 0 Å². The number of hydrazine groups is 1. The maximum atomic E-state index is 12.8. The van der Waals surface area contributed by atoms with E-state index < -0.39 is 29.7 Å². The lowest BCUT2D eigenvalue weighted by Gasteiger charge is -2.23. The Kier molecular flexibility index (Phi) is 4.22. The van der Waals surface area contributed by atoms with Gasteiger partial charge in [0.25, 0.3) is 11.8 Å². The molecule has 1 saturated heterocycles. The SMILES string of the molecule is CCOC(=O)C1=C2C(=O)N(c3ccc(Cl)cc3)C(=O)[C@@H]2N(C(C)=O)N1. The zero-order chi connectivity index (χ0) is 18.3. The third-order valence-corrected chi connectivity index (χ3v) is 4.08. The molecule has 1 N–H and O–H groups in total. The van der Waals surface area contributed by atoms with Gasteiger partial charge >= 0.3 is 5.97 Å². The van der Waals surface area contributed by atoms with Gasteiger partial charge in [0.15, 0.2) is 11.7 Å². The molecule has 0 spiro atoms. The van der Waals surface area contributed by atoms with E-state index in [1.807, 2.05) is 0 Å². The average molecular weight is 364 g/mol. The number of rotatable bonds is 3. The number of nitrogens with zero attached hydrogens (tertiary/aromatic N) is 2. The van der Waals surface area contributed by atoms with E-state index in [0.717, 1.165) is 9.91 Å². The summed E-state index contributed by atoms with van der Waals surface area (Å²) < 4.78 is 4.91. The molecule has 2 heterocycles. The first-order chi connectivity index (χ1) is 11.9. The van der Waals surface area contributed by atoms with Crippen molar-refractivity contribution in [3.8, 4) is 0 Å². The molecule has 0 saturated carbocycles. The van der Waals surface area contributed by atoms with Crippen LogP contribution < -0.4 is 10.3 Å². The van der Waals surface area contributed by atoms with Crippen LogP contribution in [0.25, 0.3) is 0 Å². The molecular formula is C16H14ClN3O5. The van der Waals surface area contributed by atoms with Gasteiger partial charge in [-0.3, -0.25) is 19.8 Å². The zero-order valence-corrected chi connectivity index (χ0v) is 14.2. The fraction of sp³-hybridized carbons (Fsp3) is 0.250. The van der Waals surface area contributed by atoms with Crippen LogP contribution >= 0.6 is 11.6 Å². The molecule has 1 atom stereocenters. The van der Waals surface area contributed by atoms with Crippen LogP contribution in [0.1, 0.15) is 13.8 Å². The lowest BCUT2D eigenvalue weighted by atomic mass is 10.1. The smallest absolute Gasteiger partial charge is 0.356 e. The molecule has 1 aromatic rings. The summed E-state index contributed by atoms with van der Waals surface area (Å²) in [6, 6.07) is 4.88. The van der Waals surface area contributed by atoms with Crippen LogP contribution in [0.5, 0.6) is 0 Å². The third kappa shape index (κ3) is 2.64. The lowest BCUT2D eigenvalue weighted by molar-refractivity contribution is -0.141. The van der Waals surface area contributed by atoms with Gasteiger partial charge in [-0.15, -0.1) is 0 Å². The first-order valence-electron chi connectivity index (χ1n) is 7.48. The van der Waals surface area contributed by atoms with Gasteiger partial charge in [-0.2, -0.15) is 0 Å². The minimum Gasteiger partial charge on any atom is -0.461 e. The summed E-state index contributed by atoms with van der Waals surface area (Å²) in [6.45, 7) is 2.92. The van der Waals surface area contributed by atoms with E-state index in [1.54, 1.807) is 6.92 Å². The van der Waals surface area contributed by atoms with E-state index in [-0.39, 0.29) is 17.9 Å². The molecule has 0 unspecified atom stereocenters. The number of imide groups is 1. The lowest BCUT2D eigenvalue weighted by Crippen LogP contribution is -2.48. The standard InChI is InChI=1S/C16H14ClN3O5/c1-3-25-16(24)12-11-13(20(18-12)8(2)21)15(23)19(14(11)22)10-6-4-9(17)5-7-10/h4-7,13,18H,3H2,1-2H3/t13-/m1/s1. The molecule has 3 rings (SSSR count). The van der Waals surface area contributed by atoms with Crippen LogP contribution in [0.4, 0.5) is 5.69 Å². The number of carbonyl (C=O) groups excluding carboxylic acids is 4. The number of anilines is 1. The van der Waals surface area contributed by atoms with Crippen molar-refractivity contribution in [3.05, 3.63) is 40.6 Å². The topological polar surface area (TPSA) is 96.0 Å². The number of nitrogens with one attached hydrogen (secondary N) is 1. The molecular weight excluding hydrogens is 350 g/mol. The Bertz CT molecular complexity index is 818. The first-order valence-corrected chi connectivity index (χ1v) is 7.86. The van der Waals surface area contributed by atoms with Crippen molar-refractivity contribution in [2.75, 3.05) is 11.5 Å². The van der Waals surface area contributed by atoms with Crippen LogP contribution in [0.3, 0.4) is 0 Å². The highest BCUT2D eigenvalue weighted by atomic mass is 35.5. The molecule has 0 bridgehead atoms. The summed E-state index contributed by atoms with van der Waals surface area (Å²) in [5.41, 5.74) is 2.52. The molecule has 2 aliphatic heterocycles. The van der Waals surface area contributed by atoms with Crippen molar-refractivity contribution in [1.82, 2.24) is 10.4 Å². The molecule has 0 aromatic heterocycles. The van der Waals surface area contributed by atoms with Crippen molar-refractivity contribution in [3.63, 3.8) is 0 Å². The predicted octanol–water partition coefficient (Wildman–Crippen LogP) is 0.766. The number of esters is 1. The predicted molar refractivity (Wildman–Crippen MR) is 87.0 cm³/mol. The number of halogens is 1. The molecule has 25 heavy (non-hydrogen) atoms. The number of amides is 3. The van der Waals surface area contributed by atoms with Crippen LogP contribution in [0.2, 0.25) is 5.02 Å². The molecule has 3 amide bonds. The highest BCUT2D eigenvalue weighted by molar-refractivity contribution is 6.34. The molecule has 130 valence electrons. The normalized spacial score (nSPS) is 19.2. The number of fused-ring (bicyclic) bond motifs is 1. The Labute approximate surface area is 147 Å². The van der Waals surface area contributed by atoms with E-state index in [0.29, 0.717) is 10.7 Å². The Balaban J connectivity index is 2.08. The van der Waals surface area contributed by atoms with Crippen LogP contribution in [-0.4, -0.2) is 41.3 Å². The Morgan fingerprint density at radius 3 is 2.44 bits per heavy atom. The maximum Gasteiger partial charge on any atom is 0.356 e. The van der Waals surface area contributed by atoms with Gasteiger partial charge in [-0.25, -0.2) is 14.7 Å². The van der Waals surface area contributed by atoms with E-state index in [2.05, 4.69) is 5.43 Å². The monoisotopic (exact) mass is 363 g/mol. The summed E-state index contributed by atoms with van der Waals surface area (Å²) in [6.07, 6.45) is 0. The Hall–Kier alpha value is -2.87. The highest BCUT2D eigenvalue weighted by Crippen LogP contribution is 2.34. The number of carbonyl (C=O) groups is 4. The molecule has 2 aliphatic rings. The van der Waals surface area contributed by atoms with Crippen LogP contribution in [0, 0.1) is 0 Å². The largest absolute Gasteiger partial charge is 0.461 e. The summed E-state index contributed by atoms with van der Waals surface area (Å²) in [5, 5.41) is 1.40.